The minimum atomic E-state index is 0.935. The molecule has 0 radical (unpaired) electrons. The van der Waals surface area contributed by atoms with Gasteiger partial charge in [-0.25, -0.2) is 0 Å². The zero-order chi connectivity index (χ0) is 12.6. The molecule has 0 aromatic carbocycles. The van der Waals surface area contributed by atoms with Gasteiger partial charge in [0.2, 0.25) is 0 Å². The zero-order valence-corrected chi connectivity index (χ0v) is 11.9. The second kappa shape index (κ2) is 15.7. The number of ether oxygens (including phenoxy) is 1. The highest BCUT2D eigenvalue weighted by Gasteiger charge is 1.93. The summed E-state index contributed by atoms with van der Waals surface area (Å²) in [5.41, 5.74) is 0. The Labute approximate surface area is 109 Å². The Morgan fingerprint density at radius 3 is 1.53 bits per heavy atom. The molecule has 0 heterocycles. The van der Waals surface area contributed by atoms with Gasteiger partial charge in [-0.15, -0.1) is 6.58 Å². The number of methoxy groups -OCH3 is 1. The lowest BCUT2D eigenvalue weighted by Crippen LogP contribution is -1.88. The summed E-state index contributed by atoms with van der Waals surface area (Å²) in [6.45, 7) is 4.68. The van der Waals surface area contributed by atoms with Crippen LogP contribution in [-0.2, 0) is 4.74 Å². The second-order valence-electron chi connectivity index (χ2n) is 4.96. The van der Waals surface area contributed by atoms with E-state index in [0.29, 0.717) is 0 Å². The summed E-state index contributed by atoms with van der Waals surface area (Å²) in [5.74, 6) is 0. The Bertz CT molecular complexity index is 142. The van der Waals surface area contributed by atoms with Crippen LogP contribution >= 0.6 is 0 Å². The lowest BCUT2D eigenvalue weighted by atomic mass is 10.1. The van der Waals surface area contributed by atoms with Gasteiger partial charge in [0.25, 0.3) is 0 Å². The highest BCUT2D eigenvalue weighted by molar-refractivity contribution is 4.65. The van der Waals surface area contributed by atoms with Crippen molar-refractivity contribution in [3.05, 3.63) is 12.7 Å². The van der Waals surface area contributed by atoms with Crippen LogP contribution in [0.5, 0.6) is 0 Å². The first-order chi connectivity index (χ1) is 8.41. The van der Waals surface area contributed by atoms with E-state index in [-0.39, 0.29) is 0 Å². The first-order valence-corrected chi connectivity index (χ1v) is 7.51. The van der Waals surface area contributed by atoms with Crippen molar-refractivity contribution >= 4 is 0 Å². The van der Waals surface area contributed by atoms with Gasteiger partial charge in [-0.3, -0.25) is 0 Å². The fourth-order valence-electron chi connectivity index (χ4n) is 2.13. The summed E-state index contributed by atoms with van der Waals surface area (Å²) in [4.78, 5) is 0. The molecule has 0 saturated heterocycles. The van der Waals surface area contributed by atoms with Gasteiger partial charge >= 0.3 is 0 Å². The molecule has 0 rings (SSSR count). The van der Waals surface area contributed by atoms with E-state index >= 15 is 0 Å². The average Bonchev–Trinajstić information content (AvgIpc) is 2.35. The van der Waals surface area contributed by atoms with Crippen LogP contribution in [0.2, 0.25) is 0 Å². The molecule has 0 aliphatic rings. The molecule has 0 aromatic heterocycles. The van der Waals surface area contributed by atoms with Crippen molar-refractivity contribution in [2.45, 2.75) is 77.0 Å². The predicted molar refractivity (Wildman–Crippen MR) is 77.5 cm³/mol. The first-order valence-electron chi connectivity index (χ1n) is 7.51. The van der Waals surface area contributed by atoms with Gasteiger partial charge in [-0.2, -0.15) is 0 Å². The Morgan fingerprint density at radius 2 is 1.12 bits per heavy atom. The lowest BCUT2D eigenvalue weighted by molar-refractivity contribution is 0.192. The number of rotatable bonds is 14. The molecule has 0 N–H and O–H groups in total. The molecule has 0 fully saturated rings. The van der Waals surface area contributed by atoms with E-state index in [0.717, 1.165) is 6.61 Å². The van der Waals surface area contributed by atoms with Gasteiger partial charge < -0.3 is 4.74 Å². The quantitative estimate of drug-likeness (QED) is 0.288. The fourth-order valence-corrected chi connectivity index (χ4v) is 2.13. The molecule has 0 aromatic rings. The monoisotopic (exact) mass is 240 g/mol. The number of allylic oxidation sites excluding steroid dienone is 1. The molecular weight excluding hydrogens is 208 g/mol. The maximum Gasteiger partial charge on any atom is 0.0462 e. The summed E-state index contributed by atoms with van der Waals surface area (Å²) in [5, 5.41) is 0. The fraction of sp³-hybridized carbons (Fsp3) is 0.875. The van der Waals surface area contributed by atoms with Crippen LogP contribution in [-0.4, -0.2) is 13.7 Å². The maximum atomic E-state index is 5.04. The molecule has 0 atom stereocenters. The van der Waals surface area contributed by atoms with Gasteiger partial charge in [0, 0.05) is 13.7 Å². The molecule has 0 aliphatic carbocycles. The van der Waals surface area contributed by atoms with E-state index in [1.807, 2.05) is 6.08 Å². The van der Waals surface area contributed by atoms with Gasteiger partial charge in [-0.05, 0) is 19.3 Å². The molecule has 0 bridgehead atoms. The zero-order valence-electron chi connectivity index (χ0n) is 11.9. The van der Waals surface area contributed by atoms with Crippen LogP contribution in [0, 0.1) is 0 Å². The molecule has 0 amide bonds. The van der Waals surface area contributed by atoms with Crippen molar-refractivity contribution in [2.75, 3.05) is 13.7 Å². The van der Waals surface area contributed by atoms with E-state index in [9.17, 15) is 0 Å². The minimum Gasteiger partial charge on any atom is -0.385 e. The van der Waals surface area contributed by atoms with E-state index in [1.54, 1.807) is 7.11 Å². The van der Waals surface area contributed by atoms with Crippen molar-refractivity contribution in [2.24, 2.45) is 0 Å². The number of hydrogen-bond acceptors (Lipinski definition) is 1. The van der Waals surface area contributed by atoms with E-state index in [4.69, 9.17) is 4.74 Å². The maximum absolute atomic E-state index is 5.04. The Balaban J connectivity index is 2.87. The standard InChI is InChI=1S/C16H32O/c1-3-4-5-6-7-8-9-10-11-12-13-14-15-16-17-2/h3H,1,4-16H2,2H3. The summed E-state index contributed by atoms with van der Waals surface area (Å²) < 4.78 is 5.04. The van der Waals surface area contributed by atoms with Crippen molar-refractivity contribution in [1.29, 1.82) is 0 Å². The minimum absolute atomic E-state index is 0.935. The Kier molecular flexibility index (Phi) is 15.4. The first kappa shape index (κ1) is 16.7. The average molecular weight is 240 g/mol. The normalized spacial score (nSPS) is 10.6. The molecule has 0 unspecified atom stereocenters. The van der Waals surface area contributed by atoms with Crippen molar-refractivity contribution in [3.63, 3.8) is 0 Å². The summed E-state index contributed by atoms with van der Waals surface area (Å²) in [6.07, 6.45) is 18.5. The summed E-state index contributed by atoms with van der Waals surface area (Å²) in [6, 6.07) is 0. The van der Waals surface area contributed by atoms with E-state index in [1.165, 1.54) is 77.0 Å². The van der Waals surface area contributed by atoms with Gasteiger partial charge in [0.1, 0.15) is 0 Å². The van der Waals surface area contributed by atoms with Gasteiger partial charge in [0.15, 0.2) is 0 Å². The van der Waals surface area contributed by atoms with Crippen LogP contribution in [0.15, 0.2) is 12.7 Å². The largest absolute Gasteiger partial charge is 0.385 e. The number of unbranched alkanes of at least 4 members (excludes halogenated alkanes) is 11. The third-order valence-corrected chi connectivity index (χ3v) is 3.26. The second-order valence-corrected chi connectivity index (χ2v) is 4.96. The Hall–Kier alpha value is -0.300. The van der Waals surface area contributed by atoms with Crippen LogP contribution < -0.4 is 0 Å². The third-order valence-electron chi connectivity index (χ3n) is 3.26. The van der Waals surface area contributed by atoms with Crippen LogP contribution in [0.1, 0.15) is 77.0 Å². The summed E-state index contributed by atoms with van der Waals surface area (Å²) >= 11 is 0. The molecule has 17 heavy (non-hydrogen) atoms. The SMILES string of the molecule is C=CCCCCCCCCCCCCCOC. The van der Waals surface area contributed by atoms with Crippen LogP contribution in [0.3, 0.4) is 0 Å². The molecule has 0 saturated carbocycles. The highest BCUT2D eigenvalue weighted by atomic mass is 16.5. The topological polar surface area (TPSA) is 9.23 Å². The molecule has 0 aliphatic heterocycles. The van der Waals surface area contributed by atoms with E-state index in [2.05, 4.69) is 6.58 Å². The molecule has 0 spiro atoms. The molecule has 1 nitrogen and oxygen atoms in total. The van der Waals surface area contributed by atoms with Gasteiger partial charge in [0.05, 0.1) is 0 Å². The van der Waals surface area contributed by atoms with E-state index < -0.39 is 0 Å². The smallest absolute Gasteiger partial charge is 0.0462 e. The molecule has 1 heteroatoms. The predicted octanol–water partition coefficient (Wildman–Crippen LogP) is 5.50. The van der Waals surface area contributed by atoms with Crippen molar-refractivity contribution in [3.8, 4) is 0 Å². The Morgan fingerprint density at radius 1 is 0.706 bits per heavy atom. The highest BCUT2D eigenvalue weighted by Crippen LogP contribution is 2.11. The molecular formula is C16H32O. The molecule has 102 valence electrons. The number of hydrogen-bond donors (Lipinski definition) is 0. The van der Waals surface area contributed by atoms with Crippen LogP contribution in [0.4, 0.5) is 0 Å². The summed E-state index contributed by atoms with van der Waals surface area (Å²) in [7, 11) is 1.79. The lowest BCUT2D eigenvalue weighted by Gasteiger charge is -2.02. The van der Waals surface area contributed by atoms with Gasteiger partial charge in [-0.1, -0.05) is 63.9 Å². The third kappa shape index (κ3) is 15.7. The van der Waals surface area contributed by atoms with Crippen molar-refractivity contribution < 1.29 is 4.74 Å². The van der Waals surface area contributed by atoms with Crippen LogP contribution in [0.25, 0.3) is 0 Å². The van der Waals surface area contributed by atoms with Crippen molar-refractivity contribution in [1.82, 2.24) is 0 Å².